The molecule has 2 atom stereocenters. The first-order chi connectivity index (χ1) is 6.63. The van der Waals surface area contributed by atoms with Crippen molar-refractivity contribution in [2.75, 3.05) is 0 Å². The van der Waals surface area contributed by atoms with E-state index in [-0.39, 0.29) is 11.6 Å². The van der Waals surface area contributed by atoms with Gasteiger partial charge in [-0.3, -0.25) is 9.59 Å². The monoisotopic (exact) mass is 210 g/mol. The molecule has 0 bridgehead atoms. The van der Waals surface area contributed by atoms with Gasteiger partial charge in [0.15, 0.2) is 17.2 Å². The van der Waals surface area contributed by atoms with E-state index < -0.39 is 11.4 Å². The molecule has 0 fully saturated rings. The van der Waals surface area contributed by atoms with E-state index in [0.717, 1.165) is 0 Å². The average Bonchev–Trinajstić information content (AvgIpc) is 2.23. The van der Waals surface area contributed by atoms with E-state index >= 15 is 0 Å². The highest BCUT2D eigenvalue weighted by Crippen LogP contribution is 2.22. The molecule has 1 aliphatic carbocycles. The predicted octanol–water partition coefficient (Wildman–Crippen LogP) is 0.283. The van der Waals surface area contributed by atoms with Crippen LogP contribution in [0.5, 0.6) is 0 Å². The van der Waals surface area contributed by atoms with Gasteiger partial charge in [0.1, 0.15) is 0 Å². The smallest absolute Gasteiger partial charge is 0.222 e. The summed E-state index contributed by atoms with van der Waals surface area (Å²) >= 11 is 5.81. The van der Waals surface area contributed by atoms with Gasteiger partial charge in [0.05, 0.1) is 0 Å². The molecule has 0 amide bonds. The average molecular weight is 211 g/mol. The van der Waals surface area contributed by atoms with E-state index in [1.807, 2.05) is 0 Å². The second-order valence-corrected chi connectivity index (χ2v) is 3.75. The number of rotatable bonds is 0. The fourth-order valence-corrected chi connectivity index (χ4v) is 1.81. The number of benzene rings is 1. The number of ketones is 2. The van der Waals surface area contributed by atoms with Crippen molar-refractivity contribution in [3.8, 4) is 0 Å². The zero-order chi connectivity index (χ0) is 10.3. The third-order valence-electron chi connectivity index (χ3n) is 2.40. The largest absolute Gasteiger partial charge is 0.347 e. The van der Waals surface area contributed by atoms with Crippen LogP contribution in [0.25, 0.3) is 0 Å². The quantitative estimate of drug-likeness (QED) is 0.626. The molecule has 0 spiro atoms. The minimum Gasteiger partial charge on any atom is -0.347 e. The van der Waals surface area contributed by atoms with Gasteiger partial charge in [-0.05, 0) is 0 Å². The molecule has 3 N–H and O–H groups in total. The summed E-state index contributed by atoms with van der Waals surface area (Å²) in [4.78, 5) is 23.3. The van der Waals surface area contributed by atoms with Gasteiger partial charge in [-0.15, -0.1) is 11.6 Å². The Morgan fingerprint density at radius 1 is 1.07 bits per heavy atom. The van der Waals surface area contributed by atoms with Crippen LogP contribution in [-0.2, 0) is 0 Å². The Kier molecular flexibility index (Phi) is 2.13. The standard InChI is InChI=1S/C10H8ClNO2/c11-7-8(12)10(14)6-4-2-1-3-5(6)9(7)13/h1-4,7-8H,12H2/p+1. The summed E-state index contributed by atoms with van der Waals surface area (Å²) in [7, 11) is 0. The van der Waals surface area contributed by atoms with Crippen LogP contribution in [0.3, 0.4) is 0 Å². The van der Waals surface area contributed by atoms with E-state index in [4.69, 9.17) is 11.6 Å². The maximum absolute atomic E-state index is 11.7. The maximum atomic E-state index is 11.7. The molecule has 0 aliphatic heterocycles. The summed E-state index contributed by atoms with van der Waals surface area (Å²) in [5.41, 5.74) is 4.46. The van der Waals surface area contributed by atoms with Crippen molar-refractivity contribution in [2.45, 2.75) is 11.4 Å². The van der Waals surface area contributed by atoms with Crippen LogP contribution >= 0.6 is 11.6 Å². The highest BCUT2D eigenvalue weighted by atomic mass is 35.5. The van der Waals surface area contributed by atoms with Gasteiger partial charge >= 0.3 is 0 Å². The van der Waals surface area contributed by atoms with Crippen molar-refractivity contribution in [3.05, 3.63) is 35.4 Å². The molecule has 0 radical (unpaired) electrons. The first-order valence-electron chi connectivity index (χ1n) is 4.27. The van der Waals surface area contributed by atoms with Gasteiger partial charge in [-0.2, -0.15) is 0 Å². The van der Waals surface area contributed by atoms with E-state index in [1.54, 1.807) is 24.3 Å². The van der Waals surface area contributed by atoms with Crippen LogP contribution in [0.4, 0.5) is 0 Å². The first kappa shape index (κ1) is 9.37. The van der Waals surface area contributed by atoms with E-state index in [9.17, 15) is 9.59 Å². The Bertz CT molecular complexity index is 377. The zero-order valence-corrected chi connectivity index (χ0v) is 8.12. The molecule has 72 valence electrons. The van der Waals surface area contributed by atoms with E-state index in [2.05, 4.69) is 5.73 Å². The lowest BCUT2D eigenvalue weighted by Crippen LogP contribution is -2.71. The number of quaternary nitrogens is 1. The number of carbonyl (C=O) groups is 2. The van der Waals surface area contributed by atoms with Crippen LogP contribution < -0.4 is 5.73 Å². The first-order valence-corrected chi connectivity index (χ1v) is 4.71. The molecule has 0 heterocycles. The van der Waals surface area contributed by atoms with Gasteiger partial charge in [0.25, 0.3) is 0 Å². The summed E-state index contributed by atoms with van der Waals surface area (Å²) in [6.45, 7) is 0. The molecule has 2 unspecified atom stereocenters. The van der Waals surface area contributed by atoms with Gasteiger partial charge in [-0.1, -0.05) is 24.3 Å². The molecule has 4 heteroatoms. The number of hydrogen-bond acceptors (Lipinski definition) is 2. The lowest BCUT2D eigenvalue weighted by molar-refractivity contribution is -0.396. The van der Waals surface area contributed by atoms with Gasteiger partial charge in [-0.25, -0.2) is 0 Å². The maximum Gasteiger partial charge on any atom is 0.222 e. The second-order valence-electron chi connectivity index (χ2n) is 3.28. The van der Waals surface area contributed by atoms with Crippen molar-refractivity contribution >= 4 is 23.2 Å². The second kappa shape index (κ2) is 3.19. The molecule has 1 aromatic carbocycles. The number of alkyl halides is 1. The van der Waals surface area contributed by atoms with Crippen molar-refractivity contribution in [3.63, 3.8) is 0 Å². The summed E-state index contributed by atoms with van der Waals surface area (Å²) in [6.07, 6.45) is 0. The fraction of sp³-hybridized carbons (Fsp3) is 0.200. The highest BCUT2D eigenvalue weighted by molar-refractivity contribution is 6.39. The highest BCUT2D eigenvalue weighted by Gasteiger charge is 2.40. The molecular weight excluding hydrogens is 202 g/mol. The van der Waals surface area contributed by atoms with Crippen LogP contribution in [0.15, 0.2) is 24.3 Å². The van der Waals surface area contributed by atoms with Crippen molar-refractivity contribution in [1.82, 2.24) is 0 Å². The lowest BCUT2D eigenvalue weighted by atomic mass is 9.86. The third-order valence-corrected chi connectivity index (χ3v) is 2.90. The number of carbonyl (C=O) groups excluding carboxylic acids is 2. The Morgan fingerprint density at radius 2 is 1.57 bits per heavy atom. The third kappa shape index (κ3) is 1.17. The van der Waals surface area contributed by atoms with Crippen LogP contribution in [0.1, 0.15) is 20.7 Å². The molecule has 1 aliphatic rings. The fourth-order valence-electron chi connectivity index (χ4n) is 1.58. The summed E-state index contributed by atoms with van der Waals surface area (Å²) < 4.78 is 0. The van der Waals surface area contributed by atoms with Crippen LogP contribution in [0, 0.1) is 0 Å². The molecule has 2 rings (SSSR count). The summed E-state index contributed by atoms with van der Waals surface area (Å²) in [5, 5.41) is -0.822. The van der Waals surface area contributed by atoms with Gasteiger partial charge in [0.2, 0.25) is 5.78 Å². The Hall–Kier alpha value is -1.19. The predicted molar refractivity (Wildman–Crippen MR) is 51.4 cm³/mol. The van der Waals surface area contributed by atoms with Gasteiger partial charge < -0.3 is 5.73 Å². The Balaban J connectivity index is 2.62. The number of hydrogen-bond donors (Lipinski definition) is 1. The molecule has 14 heavy (non-hydrogen) atoms. The lowest BCUT2D eigenvalue weighted by Gasteiger charge is -2.20. The van der Waals surface area contributed by atoms with E-state index in [1.165, 1.54) is 0 Å². The molecule has 3 nitrogen and oxygen atoms in total. The minimum absolute atomic E-state index is 0.153. The molecule has 1 aromatic rings. The normalized spacial score (nSPS) is 26.1. The number of Topliss-reactive ketones (excluding diaryl/α,β-unsaturated/α-hetero) is 2. The SMILES string of the molecule is [NH3+]C1C(=O)c2ccccc2C(=O)C1Cl. The van der Waals surface area contributed by atoms with Crippen LogP contribution in [-0.4, -0.2) is 23.0 Å². The molecular formula is C10H9ClNO2+. The van der Waals surface area contributed by atoms with E-state index in [0.29, 0.717) is 11.1 Å². The van der Waals surface area contributed by atoms with Gasteiger partial charge in [0, 0.05) is 11.1 Å². The molecule has 0 saturated carbocycles. The molecule has 0 aromatic heterocycles. The van der Waals surface area contributed by atoms with Crippen molar-refractivity contribution in [1.29, 1.82) is 0 Å². The van der Waals surface area contributed by atoms with Crippen molar-refractivity contribution in [2.24, 2.45) is 0 Å². The summed E-state index contributed by atoms with van der Waals surface area (Å²) in [5.74, 6) is -0.359. The van der Waals surface area contributed by atoms with Crippen LogP contribution in [0.2, 0.25) is 0 Å². The zero-order valence-electron chi connectivity index (χ0n) is 7.37. The molecule has 0 saturated heterocycles. The summed E-state index contributed by atoms with van der Waals surface area (Å²) in [6, 6.07) is 6.04. The Morgan fingerprint density at radius 3 is 2.14 bits per heavy atom. The number of halogens is 1. The van der Waals surface area contributed by atoms with Crippen molar-refractivity contribution < 1.29 is 15.3 Å². The number of fused-ring (bicyclic) bond motifs is 1. The minimum atomic E-state index is -0.822. The Labute approximate surface area is 85.9 Å². The topological polar surface area (TPSA) is 61.8 Å².